The van der Waals surface area contributed by atoms with Crippen LogP contribution < -0.4 is 0 Å². The molecule has 0 N–H and O–H groups in total. The second-order valence-corrected chi connectivity index (χ2v) is 5.99. The molecule has 0 aliphatic heterocycles. The first-order valence-corrected chi connectivity index (χ1v) is 6.86. The van der Waals surface area contributed by atoms with Gasteiger partial charge in [0.1, 0.15) is 0 Å². The molecule has 1 aliphatic carbocycles. The molecule has 84 valence electrons. The van der Waals surface area contributed by atoms with E-state index in [1.54, 1.807) is 31.2 Å². The first-order valence-electron chi connectivity index (χ1n) is 4.97. The summed E-state index contributed by atoms with van der Waals surface area (Å²) in [6.45, 7) is 1.80. The van der Waals surface area contributed by atoms with Crippen LogP contribution in [0.3, 0.4) is 0 Å². The molecular weight excluding hydrogens is 224 g/mol. The summed E-state index contributed by atoms with van der Waals surface area (Å²) in [6.07, 6.45) is 4.61. The van der Waals surface area contributed by atoms with Gasteiger partial charge in [-0.1, -0.05) is 31.2 Å². The van der Waals surface area contributed by atoms with Crippen LogP contribution >= 0.6 is 0 Å². The van der Waals surface area contributed by atoms with E-state index in [0.717, 1.165) is 6.26 Å². The Morgan fingerprint density at radius 3 is 2.56 bits per heavy atom. The molecule has 1 unspecified atom stereocenters. The first-order chi connectivity index (χ1) is 7.41. The Morgan fingerprint density at radius 2 is 1.94 bits per heavy atom. The average Bonchev–Trinajstić information content (AvgIpc) is 2.21. The number of carbonyl (C=O) groups excluding carboxylic acids is 1. The van der Waals surface area contributed by atoms with Gasteiger partial charge in [-0.2, -0.15) is 0 Å². The molecule has 4 heteroatoms. The summed E-state index contributed by atoms with van der Waals surface area (Å²) < 4.78 is 23.1. The van der Waals surface area contributed by atoms with Gasteiger partial charge in [0.2, 0.25) is 0 Å². The van der Waals surface area contributed by atoms with Gasteiger partial charge in [0, 0.05) is 23.3 Å². The molecule has 16 heavy (non-hydrogen) atoms. The quantitative estimate of drug-likeness (QED) is 0.748. The molecule has 1 aromatic carbocycles. The Kier molecular flexibility index (Phi) is 2.46. The molecule has 3 nitrogen and oxygen atoms in total. The molecule has 0 amide bonds. The van der Waals surface area contributed by atoms with Crippen LogP contribution in [0.1, 0.15) is 22.8 Å². The van der Waals surface area contributed by atoms with Crippen LogP contribution in [0.15, 0.2) is 29.2 Å². The van der Waals surface area contributed by atoms with Crippen molar-refractivity contribution in [3.05, 3.63) is 35.4 Å². The summed E-state index contributed by atoms with van der Waals surface area (Å²) in [4.78, 5) is 12.1. The molecule has 0 saturated carbocycles. The van der Waals surface area contributed by atoms with Crippen LogP contribution in [0, 0.1) is 5.92 Å². The number of hydrogen-bond acceptors (Lipinski definition) is 3. The largest absolute Gasteiger partial charge is 0.294 e. The van der Waals surface area contributed by atoms with E-state index in [-0.39, 0.29) is 16.6 Å². The lowest BCUT2D eigenvalue weighted by Crippen LogP contribution is -2.16. The maximum absolute atomic E-state index is 11.8. The van der Waals surface area contributed by atoms with Crippen molar-refractivity contribution in [1.82, 2.24) is 0 Å². The van der Waals surface area contributed by atoms with Crippen molar-refractivity contribution in [1.29, 1.82) is 0 Å². The van der Waals surface area contributed by atoms with Crippen LogP contribution in [-0.2, 0) is 9.84 Å². The lowest BCUT2D eigenvalue weighted by atomic mass is 9.89. The monoisotopic (exact) mass is 236 g/mol. The van der Waals surface area contributed by atoms with Crippen LogP contribution in [0.4, 0.5) is 0 Å². The standard InChI is InChI=1S/C12H12O3S/c1-8-6-7-9-10(12(8)13)4-3-5-11(9)16(2,14)15/h3-8H,1-2H3. The van der Waals surface area contributed by atoms with Crippen molar-refractivity contribution < 1.29 is 13.2 Å². The van der Waals surface area contributed by atoms with Gasteiger partial charge in [-0.3, -0.25) is 4.79 Å². The van der Waals surface area contributed by atoms with Gasteiger partial charge in [-0.25, -0.2) is 8.42 Å². The Hall–Kier alpha value is -1.42. The molecule has 0 spiro atoms. The number of Topliss-reactive ketones (excluding diaryl/α,β-unsaturated/α-hetero) is 1. The zero-order valence-electron chi connectivity index (χ0n) is 9.10. The van der Waals surface area contributed by atoms with Crippen LogP contribution in [-0.4, -0.2) is 20.5 Å². The molecule has 0 saturated heterocycles. The van der Waals surface area contributed by atoms with Gasteiger partial charge >= 0.3 is 0 Å². The normalized spacial score (nSPS) is 19.6. The van der Waals surface area contributed by atoms with Gasteiger partial charge < -0.3 is 0 Å². The lowest BCUT2D eigenvalue weighted by Gasteiger charge is -2.16. The Labute approximate surface area is 94.7 Å². The van der Waals surface area contributed by atoms with E-state index in [1.165, 1.54) is 6.07 Å². The Balaban J connectivity index is 2.75. The van der Waals surface area contributed by atoms with E-state index in [4.69, 9.17) is 0 Å². The third kappa shape index (κ3) is 1.69. The van der Waals surface area contributed by atoms with E-state index in [9.17, 15) is 13.2 Å². The van der Waals surface area contributed by atoms with E-state index >= 15 is 0 Å². The summed E-state index contributed by atoms with van der Waals surface area (Å²) >= 11 is 0. The van der Waals surface area contributed by atoms with Crippen molar-refractivity contribution in [2.45, 2.75) is 11.8 Å². The fraction of sp³-hybridized carbons (Fsp3) is 0.250. The zero-order chi connectivity index (χ0) is 11.9. The number of benzene rings is 1. The van der Waals surface area contributed by atoms with E-state index in [1.807, 2.05) is 0 Å². The van der Waals surface area contributed by atoms with Crippen molar-refractivity contribution in [3.63, 3.8) is 0 Å². The number of fused-ring (bicyclic) bond motifs is 1. The smallest absolute Gasteiger partial charge is 0.176 e. The summed E-state index contributed by atoms with van der Waals surface area (Å²) in [5.41, 5.74) is 1.02. The second kappa shape index (κ2) is 3.56. The van der Waals surface area contributed by atoms with Crippen LogP contribution in [0.5, 0.6) is 0 Å². The molecule has 0 fully saturated rings. The number of rotatable bonds is 1. The summed E-state index contributed by atoms with van der Waals surface area (Å²) in [6, 6.07) is 4.81. The third-order valence-corrected chi connectivity index (χ3v) is 3.85. The predicted molar refractivity (Wildman–Crippen MR) is 62.1 cm³/mol. The molecule has 0 bridgehead atoms. The number of carbonyl (C=O) groups is 1. The molecule has 0 radical (unpaired) electrons. The van der Waals surface area contributed by atoms with Crippen LogP contribution in [0.2, 0.25) is 0 Å². The highest BCUT2D eigenvalue weighted by Gasteiger charge is 2.24. The van der Waals surface area contributed by atoms with Crippen LogP contribution in [0.25, 0.3) is 6.08 Å². The number of ketones is 1. The third-order valence-electron chi connectivity index (χ3n) is 2.70. The molecule has 1 atom stereocenters. The summed E-state index contributed by atoms with van der Waals surface area (Å²) in [5, 5.41) is 0. The minimum absolute atomic E-state index is 0.0250. The minimum Gasteiger partial charge on any atom is -0.294 e. The van der Waals surface area contributed by atoms with E-state index in [2.05, 4.69) is 0 Å². The SMILES string of the molecule is CC1C=Cc2c(cccc2S(C)(=O)=O)C1=O. The Morgan fingerprint density at radius 1 is 1.25 bits per heavy atom. The Bertz CT molecular complexity index is 582. The van der Waals surface area contributed by atoms with Gasteiger partial charge in [0.25, 0.3) is 0 Å². The molecule has 1 aliphatic rings. The van der Waals surface area contributed by atoms with E-state index in [0.29, 0.717) is 11.1 Å². The van der Waals surface area contributed by atoms with Crippen molar-refractivity contribution in [2.24, 2.45) is 5.92 Å². The fourth-order valence-electron chi connectivity index (χ4n) is 1.83. The summed E-state index contributed by atoms with van der Waals surface area (Å²) in [7, 11) is -3.29. The lowest BCUT2D eigenvalue weighted by molar-refractivity contribution is 0.0951. The molecule has 0 heterocycles. The average molecular weight is 236 g/mol. The summed E-state index contributed by atoms with van der Waals surface area (Å²) in [5.74, 6) is -0.203. The maximum atomic E-state index is 11.8. The number of hydrogen-bond donors (Lipinski definition) is 0. The number of allylic oxidation sites excluding steroid dienone is 1. The molecule has 0 aromatic heterocycles. The zero-order valence-corrected chi connectivity index (χ0v) is 9.91. The van der Waals surface area contributed by atoms with Gasteiger partial charge in [-0.15, -0.1) is 0 Å². The molecular formula is C12H12O3S. The number of sulfone groups is 1. The van der Waals surface area contributed by atoms with Gasteiger partial charge in [0.05, 0.1) is 4.90 Å². The van der Waals surface area contributed by atoms with Crippen molar-refractivity contribution in [3.8, 4) is 0 Å². The topological polar surface area (TPSA) is 51.2 Å². The van der Waals surface area contributed by atoms with Gasteiger partial charge in [-0.05, 0) is 6.07 Å². The van der Waals surface area contributed by atoms with Crippen molar-refractivity contribution >= 4 is 21.7 Å². The highest BCUT2D eigenvalue weighted by Crippen LogP contribution is 2.28. The minimum atomic E-state index is -3.29. The van der Waals surface area contributed by atoms with E-state index < -0.39 is 9.84 Å². The van der Waals surface area contributed by atoms with Gasteiger partial charge in [0.15, 0.2) is 15.6 Å². The molecule has 1 aromatic rings. The fourth-order valence-corrected chi connectivity index (χ4v) is 2.73. The predicted octanol–water partition coefficient (Wildman–Crippen LogP) is 1.94. The van der Waals surface area contributed by atoms with Crippen molar-refractivity contribution in [2.75, 3.05) is 6.26 Å². The second-order valence-electron chi connectivity index (χ2n) is 4.00. The highest BCUT2D eigenvalue weighted by atomic mass is 32.2. The highest BCUT2D eigenvalue weighted by molar-refractivity contribution is 7.90. The maximum Gasteiger partial charge on any atom is 0.176 e. The first kappa shape index (κ1) is 11.1. The molecule has 2 rings (SSSR count).